The van der Waals surface area contributed by atoms with Gasteiger partial charge < -0.3 is 0 Å². The fourth-order valence-electron chi connectivity index (χ4n) is 2.35. The maximum Gasteiger partial charge on any atom is 0.235 e. The number of hydrogen-bond acceptors (Lipinski definition) is 2. The highest BCUT2D eigenvalue weighted by atomic mass is 35.5. The van der Waals surface area contributed by atoms with E-state index >= 15 is 0 Å². The standard InChI is InChI=1S/C18H16ClN3O/c1-13(23)21-22-12-17(15-7-9-16(19)10-8-15)20-18(22)11-14-5-3-2-4-6-14/h2-10,12H,11H2,1H3,(H,21,23). The van der Waals surface area contributed by atoms with Crippen molar-refractivity contribution in [1.82, 2.24) is 9.66 Å². The molecule has 1 N–H and O–H groups in total. The van der Waals surface area contributed by atoms with Crippen LogP contribution in [0.1, 0.15) is 18.3 Å². The van der Waals surface area contributed by atoms with Gasteiger partial charge in [-0.25, -0.2) is 9.66 Å². The molecular weight excluding hydrogens is 310 g/mol. The molecule has 23 heavy (non-hydrogen) atoms. The summed E-state index contributed by atoms with van der Waals surface area (Å²) in [5.41, 5.74) is 5.66. The summed E-state index contributed by atoms with van der Waals surface area (Å²) in [5, 5.41) is 0.680. The van der Waals surface area contributed by atoms with E-state index in [1.807, 2.05) is 60.8 Å². The summed E-state index contributed by atoms with van der Waals surface area (Å²) >= 11 is 5.93. The van der Waals surface area contributed by atoms with E-state index in [4.69, 9.17) is 11.6 Å². The average molecular weight is 326 g/mol. The lowest BCUT2D eigenvalue weighted by Gasteiger charge is -2.07. The largest absolute Gasteiger partial charge is 0.274 e. The van der Waals surface area contributed by atoms with Crippen molar-refractivity contribution in [1.29, 1.82) is 0 Å². The van der Waals surface area contributed by atoms with Crippen molar-refractivity contribution < 1.29 is 4.79 Å². The number of amides is 1. The molecule has 1 aromatic heterocycles. The van der Waals surface area contributed by atoms with Crippen LogP contribution in [-0.2, 0) is 11.2 Å². The molecule has 0 unspecified atom stereocenters. The Kier molecular flexibility index (Phi) is 4.44. The van der Waals surface area contributed by atoms with Gasteiger partial charge in [-0.15, -0.1) is 0 Å². The van der Waals surface area contributed by atoms with Crippen molar-refractivity contribution in [3.05, 3.63) is 77.2 Å². The Morgan fingerprint density at radius 2 is 1.83 bits per heavy atom. The first-order valence-electron chi connectivity index (χ1n) is 7.27. The van der Waals surface area contributed by atoms with Gasteiger partial charge in [-0.2, -0.15) is 0 Å². The maximum atomic E-state index is 11.4. The van der Waals surface area contributed by atoms with E-state index in [0.29, 0.717) is 11.4 Å². The fourth-order valence-corrected chi connectivity index (χ4v) is 2.47. The van der Waals surface area contributed by atoms with E-state index in [-0.39, 0.29) is 5.91 Å². The zero-order valence-corrected chi connectivity index (χ0v) is 13.4. The number of rotatable bonds is 4. The highest BCUT2D eigenvalue weighted by Crippen LogP contribution is 2.21. The quantitative estimate of drug-likeness (QED) is 0.791. The van der Waals surface area contributed by atoms with Gasteiger partial charge in [0.2, 0.25) is 5.91 Å². The third kappa shape index (κ3) is 3.79. The number of carbonyl (C=O) groups is 1. The van der Waals surface area contributed by atoms with E-state index in [9.17, 15) is 4.79 Å². The minimum Gasteiger partial charge on any atom is -0.274 e. The zero-order chi connectivity index (χ0) is 16.2. The molecular formula is C18H16ClN3O. The molecule has 3 rings (SSSR count). The summed E-state index contributed by atoms with van der Waals surface area (Å²) in [6.45, 7) is 1.48. The van der Waals surface area contributed by atoms with Crippen LogP contribution in [0.4, 0.5) is 0 Å². The molecule has 3 aromatic rings. The van der Waals surface area contributed by atoms with E-state index in [1.165, 1.54) is 6.92 Å². The van der Waals surface area contributed by atoms with E-state index in [0.717, 1.165) is 22.6 Å². The molecule has 0 aliphatic carbocycles. The van der Waals surface area contributed by atoms with Gasteiger partial charge in [0.1, 0.15) is 5.82 Å². The molecule has 0 atom stereocenters. The second-order valence-electron chi connectivity index (χ2n) is 5.25. The molecule has 5 heteroatoms. The number of nitrogens with zero attached hydrogens (tertiary/aromatic N) is 2. The minimum atomic E-state index is -0.139. The van der Waals surface area contributed by atoms with Gasteiger partial charge in [0.25, 0.3) is 0 Å². The lowest BCUT2D eigenvalue weighted by atomic mass is 10.1. The highest BCUT2D eigenvalue weighted by molar-refractivity contribution is 6.30. The molecule has 4 nitrogen and oxygen atoms in total. The lowest BCUT2D eigenvalue weighted by molar-refractivity contribution is -0.115. The van der Waals surface area contributed by atoms with Gasteiger partial charge in [-0.1, -0.05) is 54.1 Å². The second-order valence-corrected chi connectivity index (χ2v) is 5.69. The first-order valence-corrected chi connectivity index (χ1v) is 7.65. The van der Waals surface area contributed by atoms with E-state index < -0.39 is 0 Å². The van der Waals surface area contributed by atoms with Crippen LogP contribution in [0.3, 0.4) is 0 Å². The molecule has 0 saturated carbocycles. The molecule has 0 aliphatic heterocycles. The van der Waals surface area contributed by atoms with Gasteiger partial charge in [0.05, 0.1) is 11.9 Å². The molecule has 2 aromatic carbocycles. The smallest absolute Gasteiger partial charge is 0.235 e. The summed E-state index contributed by atoms with van der Waals surface area (Å²) in [4.78, 5) is 16.1. The van der Waals surface area contributed by atoms with Gasteiger partial charge >= 0.3 is 0 Å². The first-order chi connectivity index (χ1) is 11.1. The van der Waals surface area contributed by atoms with Gasteiger partial charge in [0, 0.05) is 23.9 Å². The molecule has 1 heterocycles. The first kappa shape index (κ1) is 15.3. The van der Waals surface area contributed by atoms with Crippen molar-refractivity contribution in [3.8, 4) is 11.3 Å². The predicted octanol–water partition coefficient (Wildman–Crippen LogP) is 3.88. The predicted molar refractivity (Wildman–Crippen MR) is 92.0 cm³/mol. The summed E-state index contributed by atoms with van der Waals surface area (Å²) in [6, 6.07) is 17.5. The molecule has 0 spiro atoms. The van der Waals surface area contributed by atoms with Crippen LogP contribution < -0.4 is 5.43 Å². The number of carbonyl (C=O) groups excluding carboxylic acids is 1. The van der Waals surface area contributed by atoms with Gasteiger partial charge in [-0.05, 0) is 17.7 Å². The molecule has 0 aliphatic rings. The van der Waals surface area contributed by atoms with Crippen LogP contribution in [0.2, 0.25) is 5.02 Å². The van der Waals surface area contributed by atoms with Crippen LogP contribution in [0.25, 0.3) is 11.3 Å². The van der Waals surface area contributed by atoms with Crippen LogP contribution in [-0.4, -0.2) is 15.6 Å². The Morgan fingerprint density at radius 1 is 1.13 bits per heavy atom. The summed E-state index contributed by atoms with van der Waals surface area (Å²) in [5.74, 6) is 0.635. The average Bonchev–Trinajstić information content (AvgIpc) is 2.91. The third-order valence-electron chi connectivity index (χ3n) is 3.40. The maximum absolute atomic E-state index is 11.4. The van der Waals surface area contributed by atoms with Crippen molar-refractivity contribution in [3.63, 3.8) is 0 Å². The Balaban J connectivity index is 1.96. The Morgan fingerprint density at radius 3 is 2.48 bits per heavy atom. The van der Waals surface area contributed by atoms with Gasteiger partial charge in [-0.3, -0.25) is 10.2 Å². The topological polar surface area (TPSA) is 46.9 Å². The number of imidazole rings is 1. The number of hydrogen-bond donors (Lipinski definition) is 1. The Hall–Kier alpha value is -2.59. The van der Waals surface area contributed by atoms with Crippen LogP contribution in [0, 0.1) is 0 Å². The Labute approximate surface area is 139 Å². The van der Waals surface area contributed by atoms with Crippen LogP contribution in [0.5, 0.6) is 0 Å². The summed E-state index contributed by atoms with van der Waals surface area (Å²) in [7, 11) is 0. The Bertz CT molecular complexity index is 810. The molecule has 0 saturated heterocycles. The highest BCUT2D eigenvalue weighted by Gasteiger charge is 2.11. The monoisotopic (exact) mass is 325 g/mol. The second kappa shape index (κ2) is 6.67. The van der Waals surface area contributed by atoms with Crippen LogP contribution >= 0.6 is 11.6 Å². The third-order valence-corrected chi connectivity index (χ3v) is 3.65. The lowest BCUT2D eigenvalue weighted by Crippen LogP contribution is -2.21. The van der Waals surface area contributed by atoms with Crippen molar-refractivity contribution in [2.24, 2.45) is 0 Å². The summed E-state index contributed by atoms with van der Waals surface area (Å²) in [6.07, 6.45) is 2.46. The minimum absolute atomic E-state index is 0.139. The molecule has 0 fully saturated rings. The molecule has 0 bridgehead atoms. The van der Waals surface area contributed by atoms with Crippen molar-refractivity contribution in [2.45, 2.75) is 13.3 Å². The van der Waals surface area contributed by atoms with Crippen LogP contribution in [0.15, 0.2) is 60.8 Å². The molecule has 0 radical (unpaired) electrons. The summed E-state index contributed by atoms with van der Waals surface area (Å²) < 4.78 is 1.68. The number of benzene rings is 2. The normalized spacial score (nSPS) is 10.5. The SMILES string of the molecule is CC(=O)Nn1cc(-c2ccc(Cl)cc2)nc1Cc1ccccc1. The number of aromatic nitrogens is 2. The number of nitrogens with one attached hydrogen (secondary N) is 1. The van der Waals surface area contributed by atoms with E-state index in [1.54, 1.807) is 4.68 Å². The van der Waals surface area contributed by atoms with Gasteiger partial charge in [0.15, 0.2) is 0 Å². The number of halogens is 1. The van der Waals surface area contributed by atoms with E-state index in [2.05, 4.69) is 10.4 Å². The fraction of sp³-hybridized carbons (Fsp3) is 0.111. The molecule has 1 amide bonds. The molecule has 116 valence electrons. The van der Waals surface area contributed by atoms with Crippen molar-refractivity contribution in [2.75, 3.05) is 5.43 Å². The zero-order valence-electron chi connectivity index (χ0n) is 12.7. The van der Waals surface area contributed by atoms with Crippen molar-refractivity contribution >= 4 is 17.5 Å².